The monoisotopic (exact) mass is 434 g/mol. The minimum Gasteiger partial charge on any atom is -0.304 e. The second-order valence-electron chi connectivity index (χ2n) is 6.51. The Kier molecular flexibility index (Phi) is 6.25. The summed E-state index contributed by atoms with van der Waals surface area (Å²) in [6.45, 7) is 1.76. The van der Waals surface area contributed by atoms with E-state index in [9.17, 15) is 9.59 Å². The van der Waals surface area contributed by atoms with Crippen molar-refractivity contribution in [3.8, 4) is 22.5 Å². The van der Waals surface area contributed by atoms with Gasteiger partial charge in [0.1, 0.15) is 0 Å². The number of hydrogen-bond donors (Lipinski definition) is 1. The minimum atomic E-state index is -0.257. The molecule has 0 saturated carbocycles. The van der Waals surface area contributed by atoms with Crippen molar-refractivity contribution in [3.63, 3.8) is 0 Å². The average Bonchev–Trinajstić information content (AvgIpc) is 3.10. The molecule has 0 saturated heterocycles. The quantitative estimate of drug-likeness (QED) is 0.482. The van der Waals surface area contributed by atoms with E-state index in [2.05, 4.69) is 20.3 Å². The highest BCUT2D eigenvalue weighted by Crippen LogP contribution is 2.27. The molecule has 30 heavy (non-hydrogen) atoms. The second kappa shape index (κ2) is 9.23. The van der Waals surface area contributed by atoms with E-state index in [1.165, 1.54) is 23.5 Å². The molecule has 1 aromatic heterocycles. The fourth-order valence-corrected chi connectivity index (χ4v) is 4.24. The van der Waals surface area contributed by atoms with Crippen LogP contribution in [0.15, 0.2) is 76.9 Å². The van der Waals surface area contributed by atoms with Crippen molar-refractivity contribution < 1.29 is 9.59 Å². The number of amides is 2. The highest BCUT2D eigenvalue weighted by molar-refractivity contribution is 8.15. The van der Waals surface area contributed by atoms with E-state index in [1.54, 1.807) is 6.92 Å². The lowest BCUT2D eigenvalue weighted by Gasteiger charge is -2.09. The molecule has 0 aliphatic carbocycles. The molecule has 1 N–H and O–H groups in total. The van der Waals surface area contributed by atoms with Gasteiger partial charge in [-0.25, -0.2) is 9.97 Å². The van der Waals surface area contributed by atoms with Crippen LogP contribution in [0.1, 0.15) is 6.92 Å². The number of rotatable bonds is 5. The number of aliphatic imine (C=N–C) groups is 1. The lowest BCUT2D eigenvalue weighted by molar-refractivity contribution is -0.117. The van der Waals surface area contributed by atoms with Crippen LogP contribution in [0, 0.1) is 0 Å². The third-order valence-corrected chi connectivity index (χ3v) is 6.09. The van der Waals surface area contributed by atoms with Crippen LogP contribution in [-0.4, -0.2) is 38.0 Å². The van der Waals surface area contributed by atoms with Crippen LogP contribution < -0.4 is 5.32 Å². The molecule has 3 aromatic rings. The van der Waals surface area contributed by atoms with E-state index >= 15 is 0 Å². The molecule has 0 bridgehead atoms. The first kappa shape index (κ1) is 20.3. The number of thioether (sulfide) groups is 2. The number of carbonyl (C=O) groups excluding carboxylic acids is 2. The predicted octanol–water partition coefficient (Wildman–Crippen LogP) is 4.04. The topological polar surface area (TPSA) is 84.3 Å². The molecule has 0 radical (unpaired) electrons. The number of amidine groups is 1. The van der Waals surface area contributed by atoms with Gasteiger partial charge in [-0.2, -0.15) is 4.99 Å². The van der Waals surface area contributed by atoms with E-state index < -0.39 is 0 Å². The van der Waals surface area contributed by atoms with Gasteiger partial charge in [0, 0.05) is 11.1 Å². The van der Waals surface area contributed by atoms with Crippen LogP contribution >= 0.6 is 23.5 Å². The maximum atomic E-state index is 12.3. The molecule has 2 amide bonds. The Labute approximate surface area is 182 Å². The Hall–Kier alpha value is -2.97. The highest BCUT2D eigenvalue weighted by atomic mass is 32.2. The summed E-state index contributed by atoms with van der Waals surface area (Å²) in [5.74, 6) is -0.355. The molecule has 1 aliphatic rings. The Morgan fingerprint density at radius 3 is 2.07 bits per heavy atom. The summed E-state index contributed by atoms with van der Waals surface area (Å²) in [5.41, 5.74) is 3.55. The lowest BCUT2D eigenvalue weighted by Crippen LogP contribution is -2.29. The molecule has 0 fully saturated rings. The SMILES string of the molecule is C[C@H]1SC(NC(=O)CSc2nc(-c3ccccc3)cc(-c3ccccc3)n2)=NC1=O. The molecule has 2 heterocycles. The van der Waals surface area contributed by atoms with Gasteiger partial charge in [-0.05, 0) is 13.0 Å². The standard InChI is InChI=1S/C22H18N4O2S2/c1-14-20(28)26-22(30-14)25-19(27)13-29-21-23-17(15-8-4-2-5-9-15)12-18(24-21)16-10-6-3-7-11-16/h2-12,14H,13H2,1H3,(H,25,26,27,28)/t14-/m1/s1. The van der Waals surface area contributed by atoms with Crippen LogP contribution in [0.3, 0.4) is 0 Å². The summed E-state index contributed by atoms with van der Waals surface area (Å²) in [5, 5.41) is 3.28. The summed E-state index contributed by atoms with van der Waals surface area (Å²) in [6, 6.07) is 21.7. The zero-order valence-corrected chi connectivity index (χ0v) is 17.7. The Bertz CT molecular complexity index is 1050. The first-order chi connectivity index (χ1) is 14.6. The maximum absolute atomic E-state index is 12.3. The van der Waals surface area contributed by atoms with Crippen LogP contribution in [-0.2, 0) is 9.59 Å². The van der Waals surface area contributed by atoms with Crippen molar-refractivity contribution in [2.24, 2.45) is 4.99 Å². The summed E-state index contributed by atoms with van der Waals surface area (Å²) >= 11 is 2.50. The molecule has 0 spiro atoms. The first-order valence-electron chi connectivity index (χ1n) is 9.30. The first-order valence-corrected chi connectivity index (χ1v) is 11.2. The zero-order valence-electron chi connectivity index (χ0n) is 16.1. The van der Waals surface area contributed by atoms with Crippen molar-refractivity contribution in [1.82, 2.24) is 15.3 Å². The molecular weight excluding hydrogens is 416 g/mol. The largest absolute Gasteiger partial charge is 0.304 e. The number of hydrogen-bond acceptors (Lipinski definition) is 6. The summed E-state index contributed by atoms with van der Waals surface area (Å²) < 4.78 is 0. The van der Waals surface area contributed by atoms with E-state index in [0.29, 0.717) is 10.3 Å². The molecule has 1 atom stereocenters. The molecule has 6 nitrogen and oxygen atoms in total. The van der Waals surface area contributed by atoms with Gasteiger partial charge in [0.05, 0.1) is 22.4 Å². The summed E-state index contributed by atoms with van der Waals surface area (Å²) in [4.78, 5) is 36.9. The van der Waals surface area contributed by atoms with E-state index in [1.807, 2.05) is 66.7 Å². The number of carbonyl (C=O) groups is 2. The third-order valence-electron chi connectivity index (χ3n) is 4.27. The summed E-state index contributed by atoms with van der Waals surface area (Å²) in [6.07, 6.45) is 0. The van der Waals surface area contributed by atoms with Gasteiger partial charge >= 0.3 is 0 Å². The molecule has 8 heteroatoms. The van der Waals surface area contributed by atoms with E-state index in [-0.39, 0.29) is 22.8 Å². The minimum absolute atomic E-state index is 0.120. The number of aromatic nitrogens is 2. The number of nitrogens with zero attached hydrogens (tertiary/aromatic N) is 3. The Morgan fingerprint density at radius 2 is 1.57 bits per heavy atom. The van der Waals surface area contributed by atoms with Crippen molar-refractivity contribution >= 4 is 40.5 Å². The second-order valence-corrected chi connectivity index (χ2v) is 8.78. The fraction of sp³-hybridized carbons (Fsp3) is 0.136. The molecular formula is C22H18N4O2S2. The van der Waals surface area contributed by atoms with Gasteiger partial charge in [-0.15, -0.1) is 0 Å². The molecule has 2 aromatic carbocycles. The van der Waals surface area contributed by atoms with Crippen LogP contribution in [0.5, 0.6) is 0 Å². The van der Waals surface area contributed by atoms with Crippen molar-refractivity contribution in [3.05, 3.63) is 66.7 Å². The van der Waals surface area contributed by atoms with Gasteiger partial charge in [-0.3, -0.25) is 9.59 Å². The molecule has 0 unspecified atom stereocenters. The van der Waals surface area contributed by atoms with Gasteiger partial charge in [0.25, 0.3) is 5.91 Å². The van der Waals surface area contributed by atoms with Gasteiger partial charge < -0.3 is 5.32 Å². The maximum Gasteiger partial charge on any atom is 0.261 e. The molecule has 150 valence electrons. The van der Waals surface area contributed by atoms with Crippen molar-refractivity contribution in [2.45, 2.75) is 17.3 Å². The molecule has 1 aliphatic heterocycles. The predicted molar refractivity (Wildman–Crippen MR) is 121 cm³/mol. The van der Waals surface area contributed by atoms with E-state index in [4.69, 9.17) is 0 Å². The molecule has 4 rings (SSSR count). The van der Waals surface area contributed by atoms with Gasteiger partial charge in [-0.1, -0.05) is 84.2 Å². The zero-order chi connectivity index (χ0) is 20.9. The smallest absolute Gasteiger partial charge is 0.261 e. The van der Waals surface area contributed by atoms with Crippen LogP contribution in [0.4, 0.5) is 0 Å². The highest BCUT2D eigenvalue weighted by Gasteiger charge is 2.25. The van der Waals surface area contributed by atoms with Gasteiger partial charge in [0.15, 0.2) is 10.3 Å². The normalized spacial score (nSPS) is 15.7. The average molecular weight is 435 g/mol. The number of nitrogens with one attached hydrogen (secondary N) is 1. The number of benzene rings is 2. The van der Waals surface area contributed by atoms with Crippen LogP contribution in [0.2, 0.25) is 0 Å². The van der Waals surface area contributed by atoms with Crippen molar-refractivity contribution in [1.29, 1.82) is 0 Å². The van der Waals surface area contributed by atoms with E-state index in [0.717, 1.165) is 22.5 Å². The Morgan fingerprint density at radius 1 is 1.00 bits per heavy atom. The lowest BCUT2D eigenvalue weighted by atomic mass is 10.1. The fourth-order valence-electron chi connectivity index (χ4n) is 2.78. The van der Waals surface area contributed by atoms with Crippen LogP contribution in [0.25, 0.3) is 22.5 Å². The van der Waals surface area contributed by atoms with Gasteiger partial charge in [0.2, 0.25) is 5.91 Å². The summed E-state index contributed by atoms with van der Waals surface area (Å²) in [7, 11) is 0. The van der Waals surface area contributed by atoms with Crippen molar-refractivity contribution in [2.75, 3.05) is 5.75 Å². The Balaban J connectivity index is 1.54. The third kappa shape index (κ3) is 4.95.